The van der Waals surface area contributed by atoms with Gasteiger partial charge >= 0.3 is 0 Å². The van der Waals surface area contributed by atoms with Crippen molar-refractivity contribution in [2.24, 2.45) is 0 Å². The van der Waals surface area contributed by atoms with Crippen LogP contribution >= 0.6 is 0 Å². The van der Waals surface area contributed by atoms with Crippen molar-refractivity contribution in [3.05, 3.63) is 0 Å². The number of rotatable bonds is 30. The largest absolute Gasteiger partial charge is 0.394 e. The van der Waals surface area contributed by atoms with E-state index in [2.05, 4.69) is 13.8 Å². The Morgan fingerprint density at radius 2 is 0.771 bits per heavy atom. The Morgan fingerprint density at radius 3 is 1.09 bits per heavy atom. The molecule has 212 valence electrons. The van der Waals surface area contributed by atoms with E-state index in [1.807, 2.05) is 0 Å². The molecule has 0 fully saturated rings. The zero-order valence-electron chi connectivity index (χ0n) is 22.5. The van der Waals surface area contributed by atoms with E-state index in [1.54, 1.807) is 0 Å². The Bertz CT molecular complexity index is 354. The second kappa shape index (κ2) is 29.9. The summed E-state index contributed by atoms with van der Waals surface area (Å²) in [4.78, 5) is 0. The molecular weight excluding hydrogens is 456 g/mol. The lowest BCUT2D eigenvalue weighted by Crippen LogP contribution is -2.24. The quantitative estimate of drug-likeness (QED) is 0.111. The lowest BCUT2D eigenvalue weighted by molar-refractivity contribution is -0.171. The summed E-state index contributed by atoms with van der Waals surface area (Å²) in [6, 6.07) is 0. The third-order valence-electron chi connectivity index (χ3n) is 5.18. The SMILES string of the molecule is CCCCCCC(OCCOCCO)OCCOCCOC(CCCCCC)OCCOCCO. The molecule has 0 aromatic heterocycles. The molecule has 0 aromatic rings. The van der Waals surface area contributed by atoms with Crippen LogP contribution in [0.2, 0.25) is 0 Å². The zero-order valence-corrected chi connectivity index (χ0v) is 22.5. The van der Waals surface area contributed by atoms with Crippen molar-refractivity contribution in [2.75, 3.05) is 79.3 Å². The Balaban J connectivity index is 4.03. The van der Waals surface area contributed by atoms with Crippen molar-refractivity contribution in [3.8, 4) is 0 Å². The van der Waals surface area contributed by atoms with E-state index in [0.29, 0.717) is 66.1 Å². The molecule has 0 aliphatic heterocycles. The third kappa shape index (κ3) is 26.5. The van der Waals surface area contributed by atoms with E-state index in [1.165, 1.54) is 38.5 Å². The molecule has 0 aliphatic carbocycles. The zero-order chi connectivity index (χ0) is 25.7. The first-order valence-electron chi connectivity index (χ1n) is 13.7. The molecule has 0 radical (unpaired) electrons. The number of hydrogen-bond acceptors (Lipinski definition) is 9. The van der Waals surface area contributed by atoms with Crippen molar-refractivity contribution in [2.45, 2.75) is 90.6 Å². The van der Waals surface area contributed by atoms with Gasteiger partial charge in [-0.05, 0) is 25.7 Å². The molecule has 2 N–H and O–H groups in total. The fourth-order valence-corrected chi connectivity index (χ4v) is 3.29. The average molecular weight is 511 g/mol. The first-order valence-corrected chi connectivity index (χ1v) is 13.7. The van der Waals surface area contributed by atoms with Gasteiger partial charge in [0.25, 0.3) is 0 Å². The van der Waals surface area contributed by atoms with E-state index >= 15 is 0 Å². The van der Waals surface area contributed by atoms with Crippen LogP contribution in [0.1, 0.15) is 78.1 Å². The summed E-state index contributed by atoms with van der Waals surface area (Å²) >= 11 is 0. The van der Waals surface area contributed by atoms with Crippen LogP contribution in [0.5, 0.6) is 0 Å². The van der Waals surface area contributed by atoms with Gasteiger partial charge in [-0.1, -0.05) is 52.4 Å². The normalized spacial score (nSPS) is 13.4. The Kier molecular flexibility index (Phi) is 29.6. The molecular formula is C26H54O9. The van der Waals surface area contributed by atoms with Gasteiger partial charge in [0.15, 0.2) is 12.6 Å². The van der Waals surface area contributed by atoms with E-state index in [-0.39, 0.29) is 25.8 Å². The van der Waals surface area contributed by atoms with Gasteiger partial charge in [-0.3, -0.25) is 0 Å². The molecule has 9 heteroatoms. The summed E-state index contributed by atoms with van der Waals surface area (Å²) in [5, 5.41) is 17.5. The molecule has 0 saturated carbocycles. The molecule has 0 aromatic carbocycles. The summed E-state index contributed by atoms with van der Waals surface area (Å²) in [7, 11) is 0. The standard InChI is InChI=1S/C26H54O9/c1-3-5-7-9-11-25(32-21-17-29-15-13-27)34-23-19-31-20-24-35-26(12-10-8-6-4-2)33-22-18-30-16-14-28/h25-28H,3-24H2,1-2H3. The molecule has 0 saturated heterocycles. The first kappa shape index (κ1) is 34.6. The van der Waals surface area contributed by atoms with Crippen LogP contribution in [-0.4, -0.2) is 102 Å². The molecule has 0 bridgehead atoms. The van der Waals surface area contributed by atoms with Gasteiger partial charge in [-0.25, -0.2) is 0 Å². The predicted octanol–water partition coefficient (Wildman–Crippen LogP) is 3.68. The van der Waals surface area contributed by atoms with Crippen LogP contribution in [0.3, 0.4) is 0 Å². The maximum atomic E-state index is 8.77. The maximum Gasteiger partial charge on any atom is 0.157 e. The molecule has 2 unspecified atom stereocenters. The van der Waals surface area contributed by atoms with Crippen LogP contribution in [0.4, 0.5) is 0 Å². The molecule has 0 spiro atoms. The number of aliphatic hydroxyl groups excluding tert-OH is 2. The average Bonchev–Trinajstić information content (AvgIpc) is 2.87. The van der Waals surface area contributed by atoms with Gasteiger partial charge in [-0.15, -0.1) is 0 Å². The Labute approximate surface area is 213 Å². The molecule has 0 amide bonds. The van der Waals surface area contributed by atoms with Gasteiger partial charge in [0.1, 0.15) is 0 Å². The second-order valence-corrected chi connectivity index (χ2v) is 8.33. The number of unbranched alkanes of at least 4 members (excludes halogenated alkanes) is 6. The highest BCUT2D eigenvalue weighted by Crippen LogP contribution is 2.11. The minimum Gasteiger partial charge on any atom is -0.394 e. The van der Waals surface area contributed by atoms with Crippen LogP contribution in [0.25, 0.3) is 0 Å². The third-order valence-corrected chi connectivity index (χ3v) is 5.18. The molecule has 35 heavy (non-hydrogen) atoms. The van der Waals surface area contributed by atoms with Crippen molar-refractivity contribution in [1.82, 2.24) is 0 Å². The molecule has 0 aliphatic rings. The van der Waals surface area contributed by atoms with Gasteiger partial charge in [0.2, 0.25) is 0 Å². The number of hydrogen-bond donors (Lipinski definition) is 2. The second-order valence-electron chi connectivity index (χ2n) is 8.33. The summed E-state index contributed by atoms with van der Waals surface area (Å²) in [5.74, 6) is 0. The highest BCUT2D eigenvalue weighted by Gasteiger charge is 2.11. The van der Waals surface area contributed by atoms with Crippen molar-refractivity contribution in [1.29, 1.82) is 0 Å². The first-order chi connectivity index (χ1) is 17.3. The van der Waals surface area contributed by atoms with Gasteiger partial charge in [0.05, 0.1) is 79.3 Å². The van der Waals surface area contributed by atoms with Crippen LogP contribution < -0.4 is 0 Å². The van der Waals surface area contributed by atoms with Gasteiger partial charge in [0, 0.05) is 0 Å². The van der Waals surface area contributed by atoms with Crippen molar-refractivity contribution in [3.63, 3.8) is 0 Å². The van der Waals surface area contributed by atoms with Crippen LogP contribution in [0.15, 0.2) is 0 Å². The topological polar surface area (TPSA) is 105 Å². The summed E-state index contributed by atoms with van der Waals surface area (Å²) in [6.07, 6.45) is 10.5. The van der Waals surface area contributed by atoms with Gasteiger partial charge < -0.3 is 43.4 Å². The highest BCUT2D eigenvalue weighted by atomic mass is 16.7. The monoisotopic (exact) mass is 510 g/mol. The Hall–Kier alpha value is -0.360. The Morgan fingerprint density at radius 1 is 0.429 bits per heavy atom. The van der Waals surface area contributed by atoms with E-state index in [4.69, 9.17) is 43.4 Å². The lowest BCUT2D eigenvalue weighted by atomic mass is 10.1. The van der Waals surface area contributed by atoms with E-state index in [0.717, 1.165) is 25.7 Å². The molecule has 2 atom stereocenters. The van der Waals surface area contributed by atoms with E-state index < -0.39 is 0 Å². The minimum atomic E-state index is -0.265. The fourth-order valence-electron chi connectivity index (χ4n) is 3.29. The summed E-state index contributed by atoms with van der Waals surface area (Å²) < 4.78 is 39.5. The van der Waals surface area contributed by atoms with E-state index in [9.17, 15) is 0 Å². The molecule has 9 nitrogen and oxygen atoms in total. The van der Waals surface area contributed by atoms with Crippen LogP contribution in [0, 0.1) is 0 Å². The molecule has 0 rings (SSSR count). The molecule has 0 heterocycles. The van der Waals surface area contributed by atoms with Crippen LogP contribution in [-0.2, 0) is 33.2 Å². The summed E-state index contributed by atoms with van der Waals surface area (Å²) in [6.45, 7) is 8.68. The highest BCUT2D eigenvalue weighted by molar-refractivity contribution is 4.51. The van der Waals surface area contributed by atoms with Gasteiger partial charge in [-0.2, -0.15) is 0 Å². The fraction of sp³-hybridized carbons (Fsp3) is 1.00. The predicted molar refractivity (Wildman–Crippen MR) is 136 cm³/mol. The minimum absolute atomic E-state index is 0.0166. The number of ether oxygens (including phenoxy) is 7. The lowest BCUT2D eigenvalue weighted by Gasteiger charge is -2.20. The summed E-state index contributed by atoms with van der Waals surface area (Å²) in [5.41, 5.74) is 0. The van der Waals surface area contributed by atoms with Crippen molar-refractivity contribution >= 4 is 0 Å². The number of aliphatic hydroxyl groups is 2. The maximum absolute atomic E-state index is 8.77. The smallest absolute Gasteiger partial charge is 0.157 e. The van der Waals surface area contributed by atoms with Crippen molar-refractivity contribution < 1.29 is 43.4 Å².